The minimum atomic E-state index is -3.21. The van der Waals surface area contributed by atoms with Gasteiger partial charge in [-0.05, 0) is 41.0 Å². The van der Waals surface area contributed by atoms with Gasteiger partial charge < -0.3 is 23.7 Å². The second kappa shape index (κ2) is 17.4. The Hall–Kier alpha value is -4.76. The molecule has 2 aliphatic heterocycles. The Kier molecular flexibility index (Phi) is 13.1. The van der Waals surface area contributed by atoms with Gasteiger partial charge in [0.25, 0.3) is 0 Å². The van der Waals surface area contributed by atoms with Crippen molar-refractivity contribution < 1.29 is 33.1 Å². The predicted octanol–water partition coefficient (Wildman–Crippen LogP) is 6.60. The lowest BCUT2D eigenvalue weighted by Crippen LogP contribution is -2.69. The second-order valence-electron chi connectivity index (χ2n) is 15.4. The molecule has 1 saturated heterocycles. The number of likely N-dealkylation sites (tertiary alicyclic amines) is 1. The van der Waals surface area contributed by atoms with Crippen LogP contribution in [0.15, 0.2) is 128 Å². The summed E-state index contributed by atoms with van der Waals surface area (Å²) in [7, 11) is -2.39. The molecule has 2 heterocycles. The third kappa shape index (κ3) is 8.42. The van der Waals surface area contributed by atoms with Crippen LogP contribution in [-0.2, 0) is 28.3 Å². The Balaban J connectivity index is 1.75. The first-order chi connectivity index (χ1) is 26.2. The molecule has 55 heavy (non-hydrogen) atoms. The van der Waals surface area contributed by atoms with Crippen LogP contribution in [0.2, 0.25) is 18.1 Å². The van der Waals surface area contributed by atoms with Crippen molar-refractivity contribution in [1.29, 1.82) is 0 Å². The van der Waals surface area contributed by atoms with E-state index in [4.69, 9.17) is 13.9 Å². The fraction of sp³-hybridized carbons (Fsp3) is 0.341. The topological polar surface area (TPSA) is 102 Å². The maximum Gasteiger partial charge on any atom is 0.410 e. The van der Waals surface area contributed by atoms with Crippen molar-refractivity contribution in [3.05, 3.63) is 128 Å². The average molecular weight is 781 g/mol. The quantitative estimate of drug-likeness (QED) is 0.0564. The van der Waals surface area contributed by atoms with Crippen LogP contribution >= 0.6 is 6.89 Å². The fourth-order valence-electron chi connectivity index (χ4n) is 7.08. The highest BCUT2D eigenvalue weighted by molar-refractivity contribution is 7.96. The first-order valence-corrected chi connectivity index (χ1v) is 23.4. The molecule has 0 aromatic heterocycles. The molecule has 9 nitrogen and oxygen atoms in total. The average Bonchev–Trinajstić information content (AvgIpc) is 3.67. The Morgan fingerprint density at radius 1 is 0.855 bits per heavy atom. The number of hydrogen-bond acceptors (Lipinski definition) is 7. The normalized spacial score (nSPS) is 17.8. The van der Waals surface area contributed by atoms with Crippen LogP contribution in [0, 0.1) is 5.92 Å². The zero-order valence-electron chi connectivity index (χ0n) is 32.8. The Morgan fingerprint density at radius 3 is 1.82 bits per heavy atom. The number of Topliss-reactive ketones (excluding diaryl/α,β-unsaturated/α-hetero) is 1. The summed E-state index contributed by atoms with van der Waals surface area (Å²) in [6, 6.07) is 28.5. The first-order valence-electron chi connectivity index (χ1n) is 18.7. The van der Waals surface area contributed by atoms with Crippen molar-refractivity contribution in [2.75, 3.05) is 26.3 Å². The van der Waals surface area contributed by atoms with E-state index in [0.717, 1.165) is 15.9 Å². The maximum absolute atomic E-state index is 15.1. The molecule has 3 atom stereocenters. The Labute approximate surface area is 326 Å². The standard InChI is InChI=1S/C44H53N2O7PSi/c1-9-28-51-42(49)41(54(34-20-14-11-15-21-34,35-22-16-12-17-23-35)36-24-18-13-19-25-36)46-37(39(40(46)48)32(3)53-55(7,8)44(4,5)6)30-38(47)33-26-27-45(31-33)43(50)52-29-10-2/h9-26,32,37,39H,1-2,27-31H2,3-8H3/t32-,37-,39-/m1/s1. The molecule has 0 aliphatic carbocycles. The van der Waals surface area contributed by atoms with Crippen molar-refractivity contribution in [3.63, 3.8) is 0 Å². The number of nitrogens with zero attached hydrogens (tertiary/aromatic N) is 2. The molecule has 2 amide bonds. The SMILES string of the molecule is C=CCOC(=O)C(N1C(=O)[C@H]([C@@H](C)O[Si](C)(C)C(C)(C)C)[C@H]1CC(=O)C1=CCN(C(=O)OCC=C)C1)=P(c1ccccc1)(c1ccccc1)c1ccccc1. The first kappa shape index (κ1) is 41.4. The molecule has 5 rings (SSSR count). The molecule has 0 bridgehead atoms. The molecule has 0 N–H and O–H groups in total. The molecular weight excluding hydrogens is 728 g/mol. The van der Waals surface area contributed by atoms with Crippen molar-refractivity contribution in [2.45, 2.75) is 64.4 Å². The summed E-state index contributed by atoms with van der Waals surface area (Å²) >= 11 is 0. The molecular formula is C44H53N2O7PSi. The third-order valence-electron chi connectivity index (χ3n) is 10.8. The van der Waals surface area contributed by atoms with E-state index in [-0.39, 0.29) is 54.9 Å². The fourth-order valence-corrected chi connectivity index (χ4v) is 12.9. The molecule has 290 valence electrons. The Morgan fingerprint density at radius 2 is 1.35 bits per heavy atom. The number of amides is 2. The van der Waals surface area contributed by atoms with Gasteiger partial charge in [-0.3, -0.25) is 9.59 Å². The van der Waals surface area contributed by atoms with Crippen molar-refractivity contribution in [2.24, 2.45) is 5.92 Å². The number of hydrogen-bond donors (Lipinski definition) is 0. The molecule has 0 radical (unpaired) electrons. The second-order valence-corrected chi connectivity index (χ2v) is 23.4. The molecule has 3 aromatic carbocycles. The van der Waals surface area contributed by atoms with Gasteiger partial charge in [0.2, 0.25) is 5.91 Å². The van der Waals surface area contributed by atoms with Crippen molar-refractivity contribution in [1.82, 2.24) is 9.80 Å². The van der Waals surface area contributed by atoms with Gasteiger partial charge in [-0.15, -0.1) is 0 Å². The van der Waals surface area contributed by atoms with Gasteiger partial charge in [0.05, 0.1) is 24.6 Å². The number of benzene rings is 3. The minimum absolute atomic E-state index is 0.0568. The summed E-state index contributed by atoms with van der Waals surface area (Å²) < 4.78 is 18.0. The monoisotopic (exact) mass is 780 g/mol. The van der Waals surface area contributed by atoms with E-state index >= 15 is 4.79 Å². The van der Waals surface area contributed by atoms with Crippen LogP contribution in [0.5, 0.6) is 0 Å². The number of ketones is 1. The lowest BCUT2D eigenvalue weighted by atomic mass is 9.79. The van der Waals surface area contributed by atoms with E-state index in [1.807, 2.05) is 97.9 Å². The molecule has 1 fully saturated rings. The van der Waals surface area contributed by atoms with Crippen molar-refractivity contribution in [3.8, 4) is 0 Å². The van der Waals surface area contributed by atoms with Crippen LogP contribution in [0.1, 0.15) is 34.1 Å². The van der Waals surface area contributed by atoms with Crippen LogP contribution < -0.4 is 15.9 Å². The highest BCUT2D eigenvalue weighted by Gasteiger charge is 2.57. The largest absolute Gasteiger partial charge is 0.457 e. The number of rotatable bonds is 15. The summed E-state index contributed by atoms with van der Waals surface area (Å²) in [5, 5.41) is 2.39. The van der Waals surface area contributed by atoms with Gasteiger partial charge in [0.1, 0.15) is 18.6 Å². The zero-order valence-corrected chi connectivity index (χ0v) is 34.7. The van der Waals surface area contributed by atoms with E-state index in [2.05, 4.69) is 47.0 Å². The predicted molar refractivity (Wildman–Crippen MR) is 224 cm³/mol. The summed E-state index contributed by atoms with van der Waals surface area (Å²) in [5.74, 6) is -1.94. The molecule has 0 saturated carbocycles. The van der Waals surface area contributed by atoms with Gasteiger partial charge in [0, 0.05) is 25.4 Å². The molecule has 0 unspecified atom stereocenters. The van der Waals surface area contributed by atoms with Crippen LogP contribution in [0.3, 0.4) is 0 Å². The van der Waals surface area contributed by atoms with Crippen LogP contribution in [-0.4, -0.2) is 85.7 Å². The van der Waals surface area contributed by atoms with E-state index in [1.165, 1.54) is 17.1 Å². The number of β-lactam (4-membered cyclic amide) rings is 1. The summed E-state index contributed by atoms with van der Waals surface area (Å²) in [4.78, 5) is 60.0. The highest BCUT2D eigenvalue weighted by atomic mass is 31.2. The summed E-state index contributed by atoms with van der Waals surface area (Å²) in [5.41, 5.74) is 0.629. The Bertz CT molecular complexity index is 1890. The number of esters is 1. The maximum atomic E-state index is 15.1. The zero-order chi connectivity index (χ0) is 40.0. The van der Waals surface area contributed by atoms with Gasteiger partial charge >= 0.3 is 12.1 Å². The molecule has 0 spiro atoms. The number of carbonyl (C=O) groups is 4. The lowest BCUT2D eigenvalue weighted by Gasteiger charge is -2.53. The highest BCUT2D eigenvalue weighted by Crippen LogP contribution is 2.51. The lowest BCUT2D eigenvalue weighted by molar-refractivity contribution is -0.157. The van der Waals surface area contributed by atoms with E-state index in [1.54, 1.807) is 11.0 Å². The van der Waals surface area contributed by atoms with Gasteiger partial charge in [-0.1, -0.05) is 143 Å². The molecule has 3 aromatic rings. The van der Waals surface area contributed by atoms with Crippen LogP contribution in [0.4, 0.5) is 4.79 Å². The number of carbonyl (C=O) groups excluding carboxylic acids is 4. The van der Waals surface area contributed by atoms with Gasteiger partial charge in [0.15, 0.2) is 14.1 Å². The molecule has 11 heteroatoms. The third-order valence-corrected chi connectivity index (χ3v) is 19.6. The van der Waals surface area contributed by atoms with Crippen LogP contribution in [0.25, 0.3) is 0 Å². The smallest absolute Gasteiger partial charge is 0.410 e. The summed E-state index contributed by atoms with van der Waals surface area (Å²) in [6.45, 7) is 17.0. The van der Waals surface area contributed by atoms with E-state index in [0.29, 0.717) is 5.57 Å². The minimum Gasteiger partial charge on any atom is -0.457 e. The van der Waals surface area contributed by atoms with E-state index in [9.17, 15) is 14.4 Å². The molecule has 2 aliphatic rings. The number of ether oxygens (including phenoxy) is 2. The van der Waals surface area contributed by atoms with Crippen molar-refractivity contribution >= 4 is 60.3 Å². The summed E-state index contributed by atoms with van der Waals surface area (Å²) in [6.07, 6.45) is 3.51. The van der Waals surface area contributed by atoms with Gasteiger partial charge in [-0.2, -0.15) is 0 Å². The van der Waals surface area contributed by atoms with E-state index < -0.39 is 45.3 Å². The van der Waals surface area contributed by atoms with Gasteiger partial charge in [-0.25, -0.2) is 9.59 Å².